The Kier molecular flexibility index (Phi) is 11.3. The first-order valence-corrected chi connectivity index (χ1v) is 14.0. The molecule has 0 aliphatic carbocycles. The molecule has 0 saturated heterocycles. The summed E-state index contributed by atoms with van der Waals surface area (Å²) >= 11 is 12.2. The molecule has 0 aliphatic heterocycles. The molecule has 2 N–H and O–H groups in total. The number of benzene rings is 2. The predicted octanol–water partition coefficient (Wildman–Crippen LogP) is 4.89. The highest BCUT2D eigenvalue weighted by molar-refractivity contribution is 6.42. The van der Waals surface area contributed by atoms with E-state index in [1.54, 1.807) is 38.4 Å². The van der Waals surface area contributed by atoms with Crippen LogP contribution in [0.5, 0.6) is 5.75 Å². The number of nitrogens with zero attached hydrogens (tertiary/aromatic N) is 5. The minimum absolute atomic E-state index is 0.00416. The van der Waals surface area contributed by atoms with Crippen molar-refractivity contribution in [1.29, 1.82) is 0 Å². The largest absolute Gasteiger partial charge is 0.480 e. The van der Waals surface area contributed by atoms with Crippen LogP contribution in [0.25, 0.3) is 0 Å². The number of anilines is 3. The molecule has 1 unspecified atom stereocenters. The Labute approximate surface area is 259 Å². The lowest BCUT2D eigenvalue weighted by Crippen LogP contribution is -2.35. The number of hydrogen-bond acceptors (Lipinski definition) is 9. The zero-order valence-electron chi connectivity index (χ0n) is 24.3. The Bertz CT molecular complexity index is 1500. The van der Waals surface area contributed by atoms with Gasteiger partial charge in [-0.15, -0.1) is 0 Å². The van der Waals surface area contributed by atoms with Gasteiger partial charge in [-0.1, -0.05) is 35.3 Å². The highest BCUT2D eigenvalue weighted by atomic mass is 35.5. The van der Waals surface area contributed by atoms with Crippen molar-refractivity contribution in [2.24, 2.45) is 0 Å². The Balaban J connectivity index is 1.98. The van der Waals surface area contributed by atoms with Gasteiger partial charge < -0.3 is 29.9 Å². The van der Waals surface area contributed by atoms with Gasteiger partial charge in [0, 0.05) is 46.2 Å². The molecule has 0 radical (unpaired) electrons. The number of aromatic nitrogens is 2. The molecular weight excluding hydrogens is 599 g/mol. The standard InChI is InChI=1S/C29H32Cl2N6O6/c1-6-37(7-2)28-32-15-24(36(5)26(39)20-14-22(31)21(30)13-18(20)16-38)25(34-28)33-23(27(40)41)12-17-8-10-19(11-9-17)43-29(42)35(3)4/h8-11,13-16,23H,6-7,12H2,1-5H3,(H,40,41)(H,32,33,34). The first-order valence-electron chi connectivity index (χ1n) is 13.2. The molecule has 43 heavy (non-hydrogen) atoms. The van der Waals surface area contributed by atoms with Crippen molar-refractivity contribution in [1.82, 2.24) is 14.9 Å². The monoisotopic (exact) mass is 630 g/mol. The van der Waals surface area contributed by atoms with Gasteiger partial charge in [0.15, 0.2) is 12.1 Å². The third-order valence-corrected chi connectivity index (χ3v) is 7.18. The number of carboxylic acid groups (broad SMARTS) is 1. The summed E-state index contributed by atoms with van der Waals surface area (Å²) in [6.07, 6.45) is 1.39. The molecule has 0 bridgehead atoms. The van der Waals surface area contributed by atoms with Crippen molar-refractivity contribution >= 4 is 64.9 Å². The molecular formula is C29H32Cl2N6O6. The lowest BCUT2D eigenvalue weighted by molar-refractivity contribution is -0.137. The van der Waals surface area contributed by atoms with Crippen molar-refractivity contribution < 1.29 is 29.0 Å². The van der Waals surface area contributed by atoms with Gasteiger partial charge in [0.1, 0.15) is 17.5 Å². The molecule has 1 heterocycles. The number of nitrogens with one attached hydrogen (secondary N) is 1. The zero-order chi connectivity index (χ0) is 31.8. The van der Waals surface area contributed by atoms with Crippen LogP contribution in [0.4, 0.5) is 22.2 Å². The molecule has 14 heteroatoms. The SMILES string of the molecule is CCN(CC)c1ncc(N(C)C(=O)c2cc(Cl)c(Cl)cc2C=O)c(NC(Cc2ccc(OC(=O)N(C)C)cc2)C(=O)O)n1. The Hall–Kier alpha value is -4.42. The molecule has 0 spiro atoms. The summed E-state index contributed by atoms with van der Waals surface area (Å²) in [5, 5.41) is 13.3. The fourth-order valence-corrected chi connectivity index (χ4v) is 4.33. The summed E-state index contributed by atoms with van der Waals surface area (Å²) in [4.78, 5) is 62.8. The second-order valence-corrected chi connectivity index (χ2v) is 10.4. The number of carbonyl (C=O) groups is 4. The fraction of sp³-hybridized carbons (Fsp3) is 0.310. The van der Waals surface area contributed by atoms with Crippen molar-refractivity contribution in [3.05, 3.63) is 69.3 Å². The maximum atomic E-state index is 13.5. The normalized spacial score (nSPS) is 11.3. The summed E-state index contributed by atoms with van der Waals surface area (Å²) in [6, 6.07) is 7.86. The number of halogens is 2. The number of carboxylic acids is 1. The molecule has 1 atom stereocenters. The predicted molar refractivity (Wildman–Crippen MR) is 165 cm³/mol. The van der Waals surface area contributed by atoms with Gasteiger partial charge in [-0.2, -0.15) is 4.98 Å². The second-order valence-electron chi connectivity index (χ2n) is 9.56. The van der Waals surface area contributed by atoms with Gasteiger partial charge >= 0.3 is 12.1 Å². The van der Waals surface area contributed by atoms with Crippen molar-refractivity contribution in [2.75, 3.05) is 49.3 Å². The average molecular weight is 632 g/mol. The highest BCUT2D eigenvalue weighted by Gasteiger charge is 2.26. The molecule has 228 valence electrons. The minimum Gasteiger partial charge on any atom is -0.480 e. The molecule has 1 aromatic heterocycles. The van der Waals surface area contributed by atoms with Crippen LogP contribution < -0.4 is 19.9 Å². The van der Waals surface area contributed by atoms with E-state index >= 15 is 0 Å². The highest BCUT2D eigenvalue weighted by Crippen LogP contribution is 2.30. The summed E-state index contributed by atoms with van der Waals surface area (Å²) < 4.78 is 5.23. The van der Waals surface area contributed by atoms with E-state index in [1.165, 1.54) is 35.2 Å². The summed E-state index contributed by atoms with van der Waals surface area (Å²) in [5.74, 6) is -1.06. The second kappa shape index (κ2) is 14.7. The van der Waals surface area contributed by atoms with E-state index in [1.807, 2.05) is 18.7 Å². The maximum Gasteiger partial charge on any atom is 0.414 e. The average Bonchev–Trinajstić information content (AvgIpc) is 2.98. The van der Waals surface area contributed by atoms with Crippen molar-refractivity contribution in [3.63, 3.8) is 0 Å². The van der Waals surface area contributed by atoms with E-state index < -0.39 is 24.0 Å². The van der Waals surface area contributed by atoms with Crippen LogP contribution in [0.2, 0.25) is 10.0 Å². The minimum atomic E-state index is -1.17. The lowest BCUT2D eigenvalue weighted by atomic mass is 10.1. The molecule has 2 amide bonds. The van der Waals surface area contributed by atoms with Gasteiger partial charge in [-0.25, -0.2) is 14.6 Å². The molecule has 3 rings (SSSR count). The molecule has 3 aromatic rings. The van der Waals surface area contributed by atoms with E-state index in [2.05, 4.69) is 15.3 Å². The number of amides is 2. The van der Waals surface area contributed by atoms with Crippen LogP contribution >= 0.6 is 23.2 Å². The van der Waals surface area contributed by atoms with Gasteiger partial charge in [-0.3, -0.25) is 9.59 Å². The maximum absolute atomic E-state index is 13.5. The summed E-state index contributed by atoms with van der Waals surface area (Å²) in [5.41, 5.74) is 0.834. The van der Waals surface area contributed by atoms with Crippen LogP contribution in [-0.4, -0.2) is 84.5 Å². The first-order chi connectivity index (χ1) is 20.4. The van der Waals surface area contributed by atoms with E-state index in [4.69, 9.17) is 27.9 Å². The number of carbonyl (C=O) groups excluding carboxylic acids is 3. The van der Waals surface area contributed by atoms with Crippen LogP contribution in [0.3, 0.4) is 0 Å². The number of rotatable bonds is 12. The number of hydrogen-bond donors (Lipinski definition) is 2. The van der Waals surface area contributed by atoms with Crippen LogP contribution in [0.15, 0.2) is 42.6 Å². The Morgan fingerprint density at radius 2 is 1.67 bits per heavy atom. The Morgan fingerprint density at radius 1 is 1.05 bits per heavy atom. The van der Waals surface area contributed by atoms with E-state index in [-0.39, 0.29) is 39.1 Å². The third kappa shape index (κ3) is 8.11. The van der Waals surface area contributed by atoms with Crippen LogP contribution in [0.1, 0.15) is 40.1 Å². The third-order valence-electron chi connectivity index (χ3n) is 6.46. The zero-order valence-corrected chi connectivity index (χ0v) is 25.8. The molecule has 2 aromatic carbocycles. The lowest BCUT2D eigenvalue weighted by Gasteiger charge is -2.25. The van der Waals surface area contributed by atoms with E-state index in [0.717, 1.165) is 0 Å². The molecule has 0 aliphatic rings. The van der Waals surface area contributed by atoms with Crippen molar-refractivity contribution in [3.8, 4) is 5.75 Å². The summed E-state index contributed by atoms with van der Waals surface area (Å²) in [7, 11) is 4.57. The smallest absolute Gasteiger partial charge is 0.414 e. The fourth-order valence-electron chi connectivity index (χ4n) is 4.00. The van der Waals surface area contributed by atoms with Gasteiger partial charge in [-0.05, 0) is 43.7 Å². The number of aldehydes is 1. The van der Waals surface area contributed by atoms with Gasteiger partial charge in [0.05, 0.1) is 21.8 Å². The van der Waals surface area contributed by atoms with E-state index in [9.17, 15) is 24.3 Å². The molecule has 12 nitrogen and oxygen atoms in total. The first kappa shape index (κ1) is 33.1. The quantitative estimate of drug-likeness (QED) is 0.265. The van der Waals surface area contributed by atoms with Crippen LogP contribution in [0, 0.1) is 0 Å². The van der Waals surface area contributed by atoms with Gasteiger partial charge in [0.25, 0.3) is 5.91 Å². The number of aliphatic carboxylic acids is 1. The molecule has 0 saturated carbocycles. The van der Waals surface area contributed by atoms with E-state index in [0.29, 0.717) is 36.6 Å². The number of ether oxygens (including phenoxy) is 1. The Morgan fingerprint density at radius 3 is 2.23 bits per heavy atom. The topological polar surface area (TPSA) is 145 Å². The van der Waals surface area contributed by atoms with Crippen molar-refractivity contribution in [2.45, 2.75) is 26.3 Å². The van der Waals surface area contributed by atoms with Crippen LogP contribution in [-0.2, 0) is 11.2 Å². The summed E-state index contributed by atoms with van der Waals surface area (Å²) in [6.45, 7) is 5.02. The van der Waals surface area contributed by atoms with Gasteiger partial charge in [0.2, 0.25) is 5.95 Å². The molecule has 0 fully saturated rings.